The van der Waals surface area contributed by atoms with Gasteiger partial charge in [0.2, 0.25) is 5.91 Å². The minimum atomic E-state index is 0.128. The molecule has 140 valence electrons. The van der Waals surface area contributed by atoms with Crippen LogP contribution in [0.5, 0.6) is 0 Å². The summed E-state index contributed by atoms with van der Waals surface area (Å²) >= 11 is 3.62. The van der Waals surface area contributed by atoms with Crippen LogP contribution in [0.4, 0.5) is 0 Å². The Kier molecular flexibility index (Phi) is 6.02. The summed E-state index contributed by atoms with van der Waals surface area (Å²) < 4.78 is 0. The lowest BCUT2D eigenvalue weighted by molar-refractivity contribution is -0.122. The van der Waals surface area contributed by atoms with E-state index in [-0.39, 0.29) is 11.9 Å². The molecule has 1 aliphatic rings. The van der Waals surface area contributed by atoms with Gasteiger partial charge >= 0.3 is 0 Å². The normalized spacial score (nSPS) is 16.8. The molecule has 2 aromatic heterocycles. The number of carbonyl (C=O) groups is 1. The van der Waals surface area contributed by atoms with Crippen molar-refractivity contribution in [3.63, 3.8) is 0 Å². The van der Waals surface area contributed by atoms with Crippen molar-refractivity contribution in [3.8, 4) is 0 Å². The molecule has 0 saturated heterocycles. The number of nitrogens with one attached hydrogen (secondary N) is 1. The van der Waals surface area contributed by atoms with Crippen LogP contribution in [0.15, 0.2) is 59.3 Å². The van der Waals surface area contributed by atoms with E-state index >= 15 is 0 Å². The zero-order valence-electron chi connectivity index (χ0n) is 15.3. The fraction of sp³-hybridized carbons (Fsp3) is 0.318. The van der Waals surface area contributed by atoms with Gasteiger partial charge in [-0.05, 0) is 53.3 Å². The Hall–Kier alpha value is -1.95. The van der Waals surface area contributed by atoms with Gasteiger partial charge in [0.1, 0.15) is 0 Å². The van der Waals surface area contributed by atoms with Gasteiger partial charge < -0.3 is 5.32 Å². The van der Waals surface area contributed by atoms with Crippen molar-refractivity contribution in [1.82, 2.24) is 10.2 Å². The van der Waals surface area contributed by atoms with Crippen molar-refractivity contribution in [2.75, 3.05) is 19.6 Å². The minimum Gasteiger partial charge on any atom is -0.355 e. The molecule has 1 N–H and O–H groups in total. The predicted octanol–water partition coefficient (Wildman–Crippen LogP) is 4.51. The molecule has 1 aliphatic heterocycles. The molecule has 0 bridgehead atoms. The van der Waals surface area contributed by atoms with Crippen LogP contribution in [0.1, 0.15) is 33.3 Å². The van der Waals surface area contributed by atoms with Crippen LogP contribution >= 0.6 is 22.7 Å². The van der Waals surface area contributed by atoms with Gasteiger partial charge in [-0.15, -0.1) is 22.7 Å². The maximum atomic E-state index is 12.5. The molecular formula is C22H24N2OS2. The molecule has 1 atom stereocenters. The van der Waals surface area contributed by atoms with Crippen molar-refractivity contribution < 1.29 is 4.79 Å². The number of hydrogen-bond acceptors (Lipinski definition) is 4. The Morgan fingerprint density at radius 1 is 1.07 bits per heavy atom. The highest BCUT2D eigenvalue weighted by Crippen LogP contribution is 2.39. The molecule has 3 aromatic rings. The van der Waals surface area contributed by atoms with Crippen molar-refractivity contribution in [1.29, 1.82) is 0 Å². The Morgan fingerprint density at radius 2 is 1.96 bits per heavy atom. The Labute approximate surface area is 168 Å². The monoisotopic (exact) mass is 396 g/mol. The van der Waals surface area contributed by atoms with E-state index in [1.165, 1.54) is 20.9 Å². The van der Waals surface area contributed by atoms with Crippen molar-refractivity contribution >= 4 is 28.6 Å². The number of rotatable bonds is 7. The maximum Gasteiger partial charge on any atom is 0.234 e. The van der Waals surface area contributed by atoms with Gasteiger partial charge in [0.05, 0.1) is 12.6 Å². The first-order chi connectivity index (χ1) is 13.3. The fourth-order valence-electron chi connectivity index (χ4n) is 3.72. The molecule has 1 aromatic carbocycles. The first kappa shape index (κ1) is 18.4. The van der Waals surface area contributed by atoms with E-state index in [1.54, 1.807) is 11.3 Å². The van der Waals surface area contributed by atoms with Gasteiger partial charge in [-0.3, -0.25) is 9.69 Å². The fourth-order valence-corrected chi connectivity index (χ4v) is 5.50. The summed E-state index contributed by atoms with van der Waals surface area (Å²) in [5.41, 5.74) is 2.70. The van der Waals surface area contributed by atoms with Crippen molar-refractivity contribution in [3.05, 3.63) is 80.2 Å². The van der Waals surface area contributed by atoms with Gasteiger partial charge in [0.25, 0.3) is 0 Å². The van der Waals surface area contributed by atoms with Crippen LogP contribution in [0.2, 0.25) is 0 Å². The number of aryl methyl sites for hydroxylation is 1. The molecule has 5 heteroatoms. The number of fused-ring (bicyclic) bond motifs is 1. The third kappa shape index (κ3) is 4.49. The standard InChI is InChI=1S/C22H24N2OS2/c25-21(23-12-4-8-17-6-2-1-3-7-17)16-24-13-10-19-18(11-15-27-19)22(24)20-9-5-14-26-20/h1-3,5-7,9,11,14-15,22H,4,8,10,12-13,16H2,(H,23,25)/t22-/m0/s1. The van der Waals surface area contributed by atoms with Gasteiger partial charge in [-0.25, -0.2) is 0 Å². The van der Waals surface area contributed by atoms with Gasteiger partial charge in [-0.1, -0.05) is 36.4 Å². The Morgan fingerprint density at radius 3 is 2.78 bits per heavy atom. The topological polar surface area (TPSA) is 32.3 Å². The zero-order chi connectivity index (χ0) is 18.5. The Balaban J connectivity index is 1.33. The lowest BCUT2D eigenvalue weighted by atomic mass is 9.98. The lowest BCUT2D eigenvalue weighted by Gasteiger charge is -2.34. The predicted molar refractivity (Wildman–Crippen MR) is 114 cm³/mol. The summed E-state index contributed by atoms with van der Waals surface area (Å²) in [6.45, 7) is 2.13. The molecule has 0 radical (unpaired) electrons. The van der Waals surface area contributed by atoms with Crippen molar-refractivity contribution in [2.24, 2.45) is 0 Å². The number of thiophene rings is 2. The molecule has 0 unspecified atom stereocenters. The summed E-state index contributed by atoms with van der Waals surface area (Å²) in [4.78, 5) is 17.7. The second kappa shape index (κ2) is 8.83. The number of nitrogens with zero attached hydrogens (tertiary/aromatic N) is 1. The minimum absolute atomic E-state index is 0.128. The molecule has 0 fully saturated rings. The summed E-state index contributed by atoms with van der Waals surface area (Å²) in [6, 6.07) is 17.2. The molecule has 4 rings (SSSR count). The summed E-state index contributed by atoms with van der Waals surface area (Å²) in [7, 11) is 0. The van der Waals surface area contributed by atoms with E-state index in [1.807, 2.05) is 17.4 Å². The quantitative estimate of drug-likeness (QED) is 0.596. The largest absolute Gasteiger partial charge is 0.355 e. The van der Waals surface area contributed by atoms with Crippen LogP contribution in [-0.4, -0.2) is 30.4 Å². The van der Waals surface area contributed by atoms with E-state index in [0.29, 0.717) is 6.54 Å². The van der Waals surface area contributed by atoms with E-state index in [9.17, 15) is 4.79 Å². The SMILES string of the molecule is O=C(CN1CCc2sccc2[C@H]1c1cccs1)NCCCc1ccccc1. The first-order valence-electron chi connectivity index (χ1n) is 9.45. The molecule has 3 heterocycles. The average Bonchev–Trinajstić information content (AvgIpc) is 3.38. The molecule has 0 spiro atoms. The molecule has 3 nitrogen and oxygen atoms in total. The number of benzene rings is 1. The molecular weight excluding hydrogens is 372 g/mol. The van der Waals surface area contributed by atoms with E-state index in [2.05, 4.69) is 63.4 Å². The maximum absolute atomic E-state index is 12.5. The number of hydrogen-bond donors (Lipinski definition) is 1. The van der Waals surface area contributed by atoms with Gasteiger partial charge in [-0.2, -0.15) is 0 Å². The van der Waals surface area contributed by atoms with Crippen LogP contribution < -0.4 is 5.32 Å². The van der Waals surface area contributed by atoms with Gasteiger partial charge in [0.15, 0.2) is 0 Å². The van der Waals surface area contributed by atoms with E-state index in [4.69, 9.17) is 0 Å². The Bertz CT molecular complexity index is 858. The first-order valence-corrected chi connectivity index (χ1v) is 11.2. The van der Waals surface area contributed by atoms with E-state index in [0.717, 1.165) is 32.4 Å². The molecule has 27 heavy (non-hydrogen) atoms. The molecule has 0 saturated carbocycles. The molecule has 0 aliphatic carbocycles. The van der Waals surface area contributed by atoms with Gasteiger partial charge in [0, 0.05) is 22.8 Å². The number of amides is 1. The summed E-state index contributed by atoms with van der Waals surface area (Å²) in [5.74, 6) is 0.128. The van der Waals surface area contributed by atoms with Crippen LogP contribution in [-0.2, 0) is 17.6 Å². The highest BCUT2D eigenvalue weighted by Gasteiger charge is 2.31. The van der Waals surface area contributed by atoms with Crippen molar-refractivity contribution in [2.45, 2.75) is 25.3 Å². The highest BCUT2D eigenvalue weighted by molar-refractivity contribution is 7.10. The third-order valence-electron chi connectivity index (χ3n) is 5.03. The smallest absolute Gasteiger partial charge is 0.234 e. The summed E-state index contributed by atoms with van der Waals surface area (Å²) in [6.07, 6.45) is 3.01. The average molecular weight is 397 g/mol. The highest BCUT2D eigenvalue weighted by atomic mass is 32.1. The van der Waals surface area contributed by atoms with E-state index < -0.39 is 0 Å². The lowest BCUT2D eigenvalue weighted by Crippen LogP contribution is -2.42. The molecule has 1 amide bonds. The second-order valence-electron chi connectivity index (χ2n) is 6.88. The second-order valence-corrected chi connectivity index (χ2v) is 8.86. The summed E-state index contributed by atoms with van der Waals surface area (Å²) in [5, 5.41) is 7.41. The zero-order valence-corrected chi connectivity index (χ0v) is 16.9. The number of carbonyl (C=O) groups excluding carboxylic acids is 1. The van der Waals surface area contributed by atoms with Crippen LogP contribution in [0.3, 0.4) is 0 Å². The third-order valence-corrected chi connectivity index (χ3v) is 6.95. The van der Waals surface area contributed by atoms with Crippen LogP contribution in [0, 0.1) is 0 Å². The van der Waals surface area contributed by atoms with Crippen LogP contribution in [0.25, 0.3) is 0 Å².